The maximum atomic E-state index is 12.6. The van der Waals surface area contributed by atoms with Crippen LogP contribution in [0.1, 0.15) is 37.4 Å². The molecule has 1 amide bonds. The first kappa shape index (κ1) is 18.2. The van der Waals surface area contributed by atoms with Crippen molar-refractivity contribution in [1.29, 1.82) is 0 Å². The molecular formula is C23H23NO4. The fraction of sp³-hybridized carbons (Fsp3) is 0.261. The van der Waals surface area contributed by atoms with Crippen molar-refractivity contribution in [2.75, 3.05) is 6.79 Å². The standard InChI is InChI=1S/C23H23NO4/c1-14(2)11-21(26)24-23(16-8-10-19-20(12-16)28-13-27-19)22-17-6-4-3-5-15(17)7-9-18(22)25/h3-10,12,14,23,25H,11,13H2,1-2H3,(H,24,26)/t23-/m0/s1. The number of phenolic OH excluding ortho intramolecular Hbond substituents is 1. The summed E-state index contributed by atoms with van der Waals surface area (Å²) in [5, 5.41) is 15.7. The van der Waals surface area contributed by atoms with Gasteiger partial charge in [0.1, 0.15) is 5.75 Å². The number of carbonyl (C=O) groups excluding carboxylic acids is 1. The van der Waals surface area contributed by atoms with E-state index in [4.69, 9.17) is 9.47 Å². The molecule has 0 spiro atoms. The second-order valence-electron chi connectivity index (χ2n) is 7.43. The smallest absolute Gasteiger partial charge is 0.231 e. The first-order valence-electron chi connectivity index (χ1n) is 9.42. The van der Waals surface area contributed by atoms with E-state index in [0.29, 0.717) is 23.5 Å². The molecule has 1 atom stereocenters. The maximum absolute atomic E-state index is 12.6. The molecule has 0 aromatic heterocycles. The topological polar surface area (TPSA) is 67.8 Å². The van der Waals surface area contributed by atoms with Crippen molar-refractivity contribution >= 4 is 16.7 Å². The molecule has 0 aliphatic carbocycles. The van der Waals surface area contributed by atoms with Crippen LogP contribution in [0.3, 0.4) is 0 Å². The SMILES string of the molecule is CC(C)CC(=O)N[C@@H](c1ccc2c(c1)OCO2)c1c(O)ccc2ccccc12. The van der Waals surface area contributed by atoms with Crippen molar-refractivity contribution in [2.45, 2.75) is 26.3 Å². The van der Waals surface area contributed by atoms with E-state index in [1.807, 2.05) is 62.4 Å². The Morgan fingerprint density at radius 1 is 1.07 bits per heavy atom. The number of fused-ring (bicyclic) bond motifs is 2. The minimum Gasteiger partial charge on any atom is -0.508 e. The zero-order valence-electron chi connectivity index (χ0n) is 15.9. The van der Waals surface area contributed by atoms with Crippen molar-refractivity contribution in [3.05, 3.63) is 65.7 Å². The molecule has 5 heteroatoms. The lowest BCUT2D eigenvalue weighted by molar-refractivity contribution is -0.122. The third-order valence-electron chi connectivity index (χ3n) is 4.87. The fourth-order valence-electron chi connectivity index (χ4n) is 3.59. The van der Waals surface area contributed by atoms with E-state index in [1.165, 1.54) is 0 Å². The van der Waals surface area contributed by atoms with E-state index in [1.54, 1.807) is 6.07 Å². The van der Waals surface area contributed by atoms with Crippen LogP contribution in [0.25, 0.3) is 10.8 Å². The normalized spacial score (nSPS) is 13.7. The number of phenols is 1. The Kier molecular flexibility index (Phi) is 4.82. The van der Waals surface area contributed by atoms with E-state index in [0.717, 1.165) is 16.3 Å². The molecule has 2 N–H and O–H groups in total. The number of benzene rings is 3. The quantitative estimate of drug-likeness (QED) is 0.686. The second-order valence-corrected chi connectivity index (χ2v) is 7.43. The number of rotatable bonds is 5. The van der Waals surface area contributed by atoms with Crippen LogP contribution in [0.4, 0.5) is 0 Å². The summed E-state index contributed by atoms with van der Waals surface area (Å²) in [6.07, 6.45) is 0.409. The summed E-state index contributed by atoms with van der Waals surface area (Å²) in [4.78, 5) is 12.6. The number of nitrogens with one attached hydrogen (secondary N) is 1. The molecule has 0 unspecified atom stereocenters. The number of amides is 1. The van der Waals surface area contributed by atoms with Gasteiger partial charge < -0.3 is 19.9 Å². The van der Waals surface area contributed by atoms with Crippen LogP contribution in [-0.2, 0) is 4.79 Å². The molecule has 0 radical (unpaired) electrons. The van der Waals surface area contributed by atoms with Gasteiger partial charge in [-0.05, 0) is 40.5 Å². The second kappa shape index (κ2) is 7.43. The van der Waals surface area contributed by atoms with Crippen molar-refractivity contribution in [3.8, 4) is 17.2 Å². The zero-order chi connectivity index (χ0) is 19.7. The lowest BCUT2D eigenvalue weighted by Crippen LogP contribution is -2.30. The van der Waals surface area contributed by atoms with Crippen LogP contribution in [-0.4, -0.2) is 17.8 Å². The summed E-state index contributed by atoms with van der Waals surface area (Å²) in [6.45, 7) is 4.19. The Balaban J connectivity index is 1.84. The minimum absolute atomic E-state index is 0.0648. The molecule has 3 aromatic carbocycles. The lowest BCUT2D eigenvalue weighted by Gasteiger charge is -2.23. The van der Waals surface area contributed by atoms with Crippen LogP contribution in [0.5, 0.6) is 17.2 Å². The first-order valence-corrected chi connectivity index (χ1v) is 9.42. The molecule has 1 aliphatic rings. The first-order chi connectivity index (χ1) is 13.5. The van der Waals surface area contributed by atoms with Crippen molar-refractivity contribution in [2.24, 2.45) is 5.92 Å². The van der Waals surface area contributed by atoms with Crippen LogP contribution in [0.15, 0.2) is 54.6 Å². The summed E-state index contributed by atoms with van der Waals surface area (Å²) in [6, 6.07) is 16.5. The molecule has 0 bridgehead atoms. The summed E-state index contributed by atoms with van der Waals surface area (Å²) in [5.41, 5.74) is 1.50. The largest absolute Gasteiger partial charge is 0.508 e. The van der Waals surface area contributed by atoms with Gasteiger partial charge in [0.25, 0.3) is 0 Å². The van der Waals surface area contributed by atoms with Gasteiger partial charge in [-0.2, -0.15) is 0 Å². The number of carbonyl (C=O) groups is 1. The van der Waals surface area contributed by atoms with Gasteiger partial charge in [-0.1, -0.05) is 50.2 Å². The van der Waals surface area contributed by atoms with Gasteiger partial charge in [0.15, 0.2) is 11.5 Å². The monoisotopic (exact) mass is 377 g/mol. The third kappa shape index (κ3) is 3.48. The van der Waals surface area contributed by atoms with Gasteiger partial charge in [-0.25, -0.2) is 0 Å². The van der Waals surface area contributed by atoms with Gasteiger partial charge >= 0.3 is 0 Å². The molecule has 3 aromatic rings. The van der Waals surface area contributed by atoms with Crippen molar-refractivity contribution in [3.63, 3.8) is 0 Å². The minimum atomic E-state index is -0.508. The Bertz CT molecular complexity index is 1030. The van der Waals surface area contributed by atoms with Crippen LogP contribution >= 0.6 is 0 Å². The zero-order valence-corrected chi connectivity index (χ0v) is 15.9. The average molecular weight is 377 g/mol. The summed E-state index contributed by atoms with van der Waals surface area (Å²) in [7, 11) is 0. The number of ether oxygens (including phenoxy) is 2. The highest BCUT2D eigenvalue weighted by molar-refractivity contribution is 5.89. The van der Waals surface area contributed by atoms with Crippen molar-refractivity contribution in [1.82, 2.24) is 5.32 Å². The molecule has 1 aliphatic heterocycles. The fourth-order valence-corrected chi connectivity index (χ4v) is 3.59. The molecule has 1 heterocycles. The van der Waals surface area contributed by atoms with Crippen LogP contribution in [0, 0.1) is 5.92 Å². The van der Waals surface area contributed by atoms with E-state index >= 15 is 0 Å². The number of hydrogen-bond donors (Lipinski definition) is 2. The van der Waals surface area contributed by atoms with Crippen molar-refractivity contribution < 1.29 is 19.4 Å². The lowest BCUT2D eigenvalue weighted by atomic mass is 9.92. The van der Waals surface area contributed by atoms with E-state index in [2.05, 4.69) is 5.32 Å². The Labute approximate surface area is 163 Å². The Hall–Kier alpha value is -3.21. The predicted octanol–water partition coefficient (Wildman–Crippen LogP) is 4.53. The summed E-state index contributed by atoms with van der Waals surface area (Å²) in [5.74, 6) is 1.63. The number of aromatic hydroxyl groups is 1. The average Bonchev–Trinajstić information content (AvgIpc) is 3.14. The number of hydrogen-bond acceptors (Lipinski definition) is 4. The van der Waals surface area contributed by atoms with Gasteiger partial charge in [-0.15, -0.1) is 0 Å². The molecule has 28 heavy (non-hydrogen) atoms. The van der Waals surface area contributed by atoms with Gasteiger partial charge in [0, 0.05) is 12.0 Å². The summed E-state index contributed by atoms with van der Waals surface area (Å²) < 4.78 is 10.9. The van der Waals surface area contributed by atoms with Crippen LogP contribution in [0.2, 0.25) is 0 Å². The molecule has 144 valence electrons. The molecule has 5 nitrogen and oxygen atoms in total. The molecule has 4 rings (SSSR count). The highest BCUT2D eigenvalue weighted by atomic mass is 16.7. The molecule has 0 fully saturated rings. The Morgan fingerprint density at radius 2 is 1.86 bits per heavy atom. The highest BCUT2D eigenvalue weighted by Crippen LogP contribution is 2.40. The van der Waals surface area contributed by atoms with E-state index in [-0.39, 0.29) is 24.4 Å². The van der Waals surface area contributed by atoms with Crippen LogP contribution < -0.4 is 14.8 Å². The highest BCUT2D eigenvalue weighted by Gasteiger charge is 2.25. The van der Waals surface area contributed by atoms with Gasteiger partial charge in [-0.3, -0.25) is 4.79 Å². The third-order valence-corrected chi connectivity index (χ3v) is 4.87. The van der Waals surface area contributed by atoms with Gasteiger partial charge in [0.2, 0.25) is 12.7 Å². The predicted molar refractivity (Wildman–Crippen MR) is 108 cm³/mol. The van der Waals surface area contributed by atoms with Gasteiger partial charge in [0.05, 0.1) is 6.04 Å². The molecule has 0 saturated carbocycles. The maximum Gasteiger partial charge on any atom is 0.231 e. The summed E-state index contributed by atoms with van der Waals surface area (Å²) >= 11 is 0. The Morgan fingerprint density at radius 3 is 2.68 bits per heavy atom. The molecular weight excluding hydrogens is 354 g/mol. The van der Waals surface area contributed by atoms with E-state index < -0.39 is 6.04 Å². The van der Waals surface area contributed by atoms with E-state index in [9.17, 15) is 9.90 Å². The molecule has 0 saturated heterocycles.